The zero-order valence-electron chi connectivity index (χ0n) is 10.7. The van der Waals surface area contributed by atoms with Crippen molar-refractivity contribution in [3.05, 3.63) is 6.07 Å². The molecule has 1 aromatic heterocycles. The van der Waals surface area contributed by atoms with Crippen molar-refractivity contribution in [1.82, 2.24) is 9.97 Å². The Balaban J connectivity index is 1.80. The van der Waals surface area contributed by atoms with E-state index in [4.69, 9.17) is 15.2 Å². The molecule has 1 saturated heterocycles. The summed E-state index contributed by atoms with van der Waals surface area (Å²) in [5.74, 6) is 2.05. The molecule has 2 rings (SSSR count). The lowest BCUT2D eigenvalue weighted by Crippen LogP contribution is -2.20. The summed E-state index contributed by atoms with van der Waals surface area (Å²) in [7, 11) is 1.56. The Hall–Kier alpha value is -1.56. The van der Waals surface area contributed by atoms with Gasteiger partial charge >= 0.3 is 0 Å². The molecule has 100 valence electrons. The molecule has 1 atom stereocenters. The highest BCUT2D eigenvalue weighted by Crippen LogP contribution is 2.18. The lowest BCUT2D eigenvalue weighted by Gasteiger charge is -2.22. The van der Waals surface area contributed by atoms with Gasteiger partial charge in [-0.05, 0) is 25.2 Å². The first-order valence-electron chi connectivity index (χ1n) is 6.28. The second-order valence-electron chi connectivity index (χ2n) is 4.45. The van der Waals surface area contributed by atoms with Crippen LogP contribution in [0.3, 0.4) is 0 Å². The molecule has 18 heavy (non-hydrogen) atoms. The molecule has 1 aliphatic rings. The Kier molecular flexibility index (Phi) is 4.58. The lowest BCUT2D eigenvalue weighted by molar-refractivity contribution is 0.0530. The zero-order valence-corrected chi connectivity index (χ0v) is 10.7. The summed E-state index contributed by atoms with van der Waals surface area (Å²) in [5, 5.41) is 3.24. The van der Waals surface area contributed by atoms with Gasteiger partial charge in [0.05, 0.1) is 7.11 Å². The quantitative estimate of drug-likeness (QED) is 0.822. The molecule has 6 nitrogen and oxygen atoms in total. The Morgan fingerprint density at radius 1 is 1.56 bits per heavy atom. The zero-order chi connectivity index (χ0) is 12.8. The van der Waals surface area contributed by atoms with Crippen LogP contribution in [0.15, 0.2) is 6.07 Å². The fourth-order valence-electron chi connectivity index (χ4n) is 2.08. The fraction of sp³-hybridized carbons (Fsp3) is 0.667. The first-order chi connectivity index (χ1) is 8.78. The Bertz CT molecular complexity index is 380. The van der Waals surface area contributed by atoms with Crippen LogP contribution in [-0.4, -0.2) is 36.8 Å². The van der Waals surface area contributed by atoms with Gasteiger partial charge in [0.15, 0.2) is 0 Å². The van der Waals surface area contributed by atoms with Crippen LogP contribution in [0.5, 0.6) is 5.88 Å². The van der Waals surface area contributed by atoms with Crippen LogP contribution < -0.4 is 15.8 Å². The number of methoxy groups -OCH3 is 1. The van der Waals surface area contributed by atoms with E-state index in [0.29, 0.717) is 17.6 Å². The third-order valence-corrected chi connectivity index (χ3v) is 3.04. The van der Waals surface area contributed by atoms with Crippen LogP contribution in [0.1, 0.15) is 19.3 Å². The third-order valence-electron chi connectivity index (χ3n) is 3.04. The van der Waals surface area contributed by atoms with Crippen LogP contribution in [0.25, 0.3) is 0 Å². The Morgan fingerprint density at radius 2 is 2.44 bits per heavy atom. The standard InChI is InChI=1S/C12H20N4O2/c1-17-11-7-10(15-12(13)16-11)14-5-4-9-3-2-6-18-8-9/h7,9H,2-6,8H2,1H3,(H3,13,14,15,16). The van der Waals surface area contributed by atoms with Gasteiger partial charge in [-0.25, -0.2) is 0 Å². The van der Waals surface area contributed by atoms with Crippen LogP contribution in [0.4, 0.5) is 11.8 Å². The molecule has 0 spiro atoms. The van der Waals surface area contributed by atoms with Gasteiger partial charge in [0.2, 0.25) is 11.8 Å². The summed E-state index contributed by atoms with van der Waals surface area (Å²) in [4.78, 5) is 8.04. The topological polar surface area (TPSA) is 82.3 Å². The van der Waals surface area contributed by atoms with E-state index >= 15 is 0 Å². The van der Waals surface area contributed by atoms with Crippen LogP contribution in [0.2, 0.25) is 0 Å². The maximum atomic E-state index is 5.59. The predicted octanol–water partition coefficient (Wildman–Crippen LogP) is 1.30. The molecule has 1 aliphatic heterocycles. The summed E-state index contributed by atoms with van der Waals surface area (Å²) in [6, 6.07) is 1.74. The van der Waals surface area contributed by atoms with E-state index in [0.717, 1.165) is 26.2 Å². The monoisotopic (exact) mass is 252 g/mol. The molecule has 0 bridgehead atoms. The van der Waals surface area contributed by atoms with Crippen molar-refractivity contribution >= 4 is 11.8 Å². The summed E-state index contributed by atoms with van der Waals surface area (Å²) in [6.07, 6.45) is 3.49. The maximum Gasteiger partial charge on any atom is 0.225 e. The highest BCUT2D eigenvalue weighted by Gasteiger charge is 2.13. The number of ether oxygens (including phenoxy) is 2. The molecule has 3 N–H and O–H groups in total. The van der Waals surface area contributed by atoms with E-state index in [1.54, 1.807) is 13.2 Å². The van der Waals surface area contributed by atoms with Gasteiger partial charge in [-0.1, -0.05) is 0 Å². The molecule has 2 heterocycles. The van der Waals surface area contributed by atoms with Crippen molar-refractivity contribution in [2.75, 3.05) is 37.9 Å². The minimum absolute atomic E-state index is 0.220. The van der Waals surface area contributed by atoms with Crippen molar-refractivity contribution in [2.45, 2.75) is 19.3 Å². The Labute approximate surface area is 107 Å². The van der Waals surface area contributed by atoms with Crippen molar-refractivity contribution in [1.29, 1.82) is 0 Å². The number of hydrogen-bond donors (Lipinski definition) is 2. The van der Waals surface area contributed by atoms with Gasteiger partial charge in [0, 0.05) is 25.8 Å². The lowest BCUT2D eigenvalue weighted by atomic mass is 9.99. The molecule has 0 aliphatic carbocycles. The van der Waals surface area contributed by atoms with Crippen LogP contribution in [-0.2, 0) is 4.74 Å². The number of rotatable bonds is 5. The number of anilines is 2. The highest BCUT2D eigenvalue weighted by atomic mass is 16.5. The van der Waals surface area contributed by atoms with Gasteiger partial charge in [-0.3, -0.25) is 0 Å². The molecule has 0 aromatic carbocycles. The highest BCUT2D eigenvalue weighted by molar-refractivity contribution is 5.42. The van der Waals surface area contributed by atoms with Gasteiger partial charge < -0.3 is 20.5 Å². The minimum atomic E-state index is 0.220. The molecule has 6 heteroatoms. The van der Waals surface area contributed by atoms with Gasteiger partial charge in [-0.15, -0.1) is 0 Å². The smallest absolute Gasteiger partial charge is 0.225 e. The average Bonchev–Trinajstić information content (AvgIpc) is 2.39. The molecule has 1 unspecified atom stereocenters. The first-order valence-corrected chi connectivity index (χ1v) is 6.28. The summed E-state index contributed by atoms with van der Waals surface area (Å²) in [6.45, 7) is 2.63. The van der Waals surface area contributed by atoms with E-state index in [9.17, 15) is 0 Å². The Morgan fingerprint density at radius 3 is 3.17 bits per heavy atom. The largest absolute Gasteiger partial charge is 0.481 e. The number of nitrogens with two attached hydrogens (primary N) is 1. The van der Waals surface area contributed by atoms with Crippen molar-refractivity contribution in [2.24, 2.45) is 5.92 Å². The van der Waals surface area contributed by atoms with E-state index in [1.165, 1.54) is 12.8 Å². The van der Waals surface area contributed by atoms with E-state index in [1.807, 2.05) is 0 Å². The van der Waals surface area contributed by atoms with Crippen molar-refractivity contribution in [3.63, 3.8) is 0 Å². The van der Waals surface area contributed by atoms with Gasteiger partial charge in [0.1, 0.15) is 5.82 Å². The predicted molar refractivity (Wildman–Crippen MR) is 69.6 cm³/mol. The fourth-order valence-corrected chi connectivity index (χ4v) is 2.08. The number of nitrogens with one attached hydrogen (secondary N) is 1. The number of hydrogen-bond acceptors (Lipinski definition) is 6. The minimum Gasteiger partial charge on any atom is -0.481 e. The van der Waals surface area contributed by atoms with Crippen LogP contribution in [0, 0.1) is 5.92 Å². The molecular formula is C12H20N4O2. The van der Waals surface area contributed by atoms with Gasteiger partial charge in [0.25, 0.3) is 0 Å². The third kappa shape index (κ3) is 3.73. The average molecular weight is 252 g/mol. The number of aromatic nitrogens is 2. The second-order valence-corrected chi connectivity index (χ2v) is 4.45. The molecular weight excluding hydrogens is 232 g/mol. The van der Waals surface area contributed by atoms with E-state index in [2.05, 4.69) is 15.3 Å². The summed E-state index contributed by atoms with van der Waals surface area (Å²) in [5.41, 5.74) is 5.59. The maximum absolute atomic E-state index is 5.59. The molecule has 0 amide bonds. The number of nitrogen functional groups attached to an aromatic ring is 1. The van der Waals surface area contributed by atoms with E-state index in [-0.39, 0.29) is 5.95 Å². The molecule has 0 radical (unpaired) electrons. The number of nitrogens with zero attached hydrogens (tertiary/aromatic N) is 2. The molecule has 0 saturated carbocycles. The molecule has 1 fully saturated rings. The van der Waals surface area contributed by atoms with Crippen LogP contribution >= 0.6 is 0 Å². The first kappa shape index (κ1) is 12.9. The van der Waals surface area contributed by atoms with Crippen molar-refractivity contribution < 1.29 is 9.47 Å². The summed E-state index contributed by atoms with van der Waals surface area (Å²) < 4.78 is 10.5. The molecule has 1 aromatic rings. The summed E-state index contributed by atoms with van der Waals surface area (Å²) >= 11 is 0. The van der Waals surface area contributed by atoms with E-state index < -0.39 is 0 Å². The normalized spacial score (nSPS) is 19.5. The van der Waals surface area contributed by atoms with Gasteiger partial charge in [-0.2, -0.15) is 9.97 Å². The SMILES string of the molecule is COc1cc(NCCC2CCCOC2)nc(N)n1. The second kappa shape index (κ2) is 6.39. The van der Waals surface area contributed by atoms with Crippen molar-refractivity contribution in [3.8, 4) is 5.88 Å².